The van der Waals surface area contributed by atoms with Crippen LogP contribution in [0.4, 0.5) is 5.69 Å². The van der Waals surface area contributed by atoms with Gasteiger partial charge in [0.25, 0.3) is 5.91 Å². The average Bonchev–Trinajstić information content (AvgIpc) is 2.49. The van der Waals surface area contributed by atoms with E-state index in [2.05, 4.69) is 10.6 Å². The van der Waals surface area contributed by atoms with Crippen molar-refractivity contribution < 1.29 is 9.59 Å². The minimum Gasteiger partial charge on any atom is -0.343 e. The van der Waals surface area contributed by atoms with E-state index < -0.39 is 0 Å². The van der Waals surface area contributed by atoms with Crippen LogP contribution >= 0.6 is 0 Å². The Morgan fingerprint density at radius 1 is 0.909 bits per heavy atom. The molecular formula is C18H20N2O2. The number of hydrogen-bond donors (Lipinski definition) is 2. The van der Waals surface area contributed by atoms with Gasteiger partial charge in [-0.25, -0.2) is 0 Å². The molecule has 0 bridgehead atoms. The first-order valence-corrected chi connectivity index (χ1v) is 7.17. The highest BCUT2D eigenvalue weighted by molar-refractivity contribution is 5.99. The molecule has 0 aliphatic carbocycles. The van der Waals surface area contributed by atoms with Gasteiger partial charge in [0.15, 0.2) is 0 Å². The topological polar surface area (TPSA) is 58.2 Å². The van der Waals surface area contributed by atoms with Gasteiger partial charge in [0.1, 0.15) is 0 Å². The lowest BCUT2D eigenvalue weighted by Crippen LogP contribution is -2.32. The molecule has 0 fully saturated rings. The minimum absolute atomic E-state index is 0.0559. The van der Waals surface area contributed by atoms with Crippen LogP contribution < -0.4 is 10.6 Å². The predicted octanol–water partition coefficient (Wildman–Crippen LogP) is 2.98. The smallest absolute Gasteiger partial charge is 0.251 e. The predicted molar refractivity (Wildman–Crippen MR) is 88.1 cm³/mol. The van der Waals surface area contributed by atoms with Crippen LogP contribution in [0.3, 0.4) is 0 Å². The van der Waals surface area contributed by atoms with Crippen molar-refractivity contribution in [1.82, 2.24) is 5.32 Å². The standard InChI is InChI=1S/C18H20N2O2/c1-12-4-7-15(8-5-12)18(22)19-11-17(21)20-16-9-6-13(2)14(3)10-16/h4-10H,11H2,1-3H3,(H,19,22)(H,20,21). The number of aryl methyl sites for hydroxylation is 3. The number of benzene rings is 2. The van der Waals surface area contributed by atoms with E-state index in [4.69, 9.17) is 0 Å². The Morgan fingerprint density at radius 2 is 1.59 bits per heavy atom. The van der Waals surface area contributed by atoms with Gasteiger partial charge in [-0.3, -0.25) is 9.59 Å². The molecule has 0 aliphatic rings. The van der Waals surface area contributed by atoms with Crippen LogP contribution in [0.5, 0.6) is 0 Å². The molecule has 0 unspecified atom stereocenters. The van der Waals surface area contributed by atoms with Crippen molar-refractivity contribution in [3.63, 3.8) is 0 Å². The molecule has 0 aliphatic heterocycles. The number of carbonyl (C=O) groups excluding carboxylic acids is 2. The maximum absolute atomic E-state index is 11.9. The highest BCUT2D eigenvalue weighted by atomic mass is 16.2. The highest BCUT2D eigenvalue weighted by Gasteiger charge is 2.08. The van der Waals surface area contributed by atoms with Crippen LogP contribution in [0.2, 0.25) is 0 Å². The van der Waals surface area contributed by atoms with E-state index in [0.29, 0.717) is 5.56 Å². The van der Waals surface area contributed by atoms with E-state index in [-0.39, 0.29) is 18.4 Å². The lowest BCUT2D eigenvalue weighted by atomic mass is 10.1. The Kier molecular flexibility index (Phi) is 4.94. The Labute approximate surface area is 130 Å². The lowest BCUT2D eigenvalue weighted by Gasteiger charge is -2.09. The molecule has 0 heterocycles. The monoisotopic (exact) mass is 296 g/mol. The summed E-state index contributed by atoms with van der Waals surface area (Å²) in [5, 5.41) is 5.39. The van der Waals surface area contributed by atoms with Gasteiger partial charge < -0.3 is 10.6 Å². The van der Waals surface area contributed by atoms with Crippen LogP contribution in [0.1, 0.15) is 27.0 Å². The molecule has 2 aromatic carbocycles. The fraction of sp³-hybridized carbons (Fsp3) is 0.222. The van der Waals surface area contributed by atoms with Gasteiger partial charge >= 0.3 is 0 Å². The fourth-order valence-corrected chi connectivity index (χ4v) is 1.99. The third kappa shape index (κ3) is 4.19. The molecule has 0 saturated carbocycles. The first kappa shape index (κ1) is 15.8. The molecule has 0 saturated heterocycles. The zero-order chi connectivity index (χ0) is 16.1. The summed E-state index contributed by atoms with van der Waals surface area (Å²) in [6.07, 6.45) is 0. The maximum Gasteiger partial charge on any atom is 0.251 e. The molecule has 2 N–H and O–H groups in total. The molecule has 0 aromatic heterocycles. The summed E-state index contributed by atoms with van der Waals surface area (Å²) in [4.78, 5) is 23.8. The molecule has 114 valence electrons. The van der Waals surface area contributed by atoms with Crippen molar-refractivity contribution in [2.75, 3.05) is 11.9 Å². The second-order valence-electron chi connectivity index (χ2n) is 5.40. The molecule has 4 heteroatoms. The molecular weight excluding hydrogens is 276 g/mol. The number of rotatable bonds is 4. The fourth-order valence-electron chi connectivity index (χ4n) is 1.99. The van der Waals surface area contributed by atoms with E-state index in [0.717, 1.165) is 16.8 Å². The summed E-state index contributed by atoms with van der Waals surface area (Å²) in [6.45, 7) is 5.91. The van der Waals surface area contributed by atoms with Crippen LogP contribution in [0, 0.1) is 20.8 Å². The zero-order valence-electron chi connectivity index (χ0n) is 13.1. The maximum atomic E-state index is 11.9. The summed E-state index contributed by atoms with van der Waals surface area (Å²) in [6, 6.07) is 12.9. The van der Waals surface area contributed by atoms with Crippen LogP contribution in [0.25, 0.3) is 0 Å². The van der Waals surface area contributed by atoms with Gasteiger partial charge in [-0.1, -0.05) is 23.8 Å². The third-order valence-electron chi connectivity index (χ3n) is 3.51. The molecule has 0 spiro atoms. The SMILES string of the molecule is Cc1ccc(C(=O)NCC(=O)Nc2ccc(C)c(C)c2)cc1. The average molecular weight is 296 g/mol. The van der Waals surface area contributed by atoms with E-state index in [1.807, 2.05) is 51.1 Å². The van der Waals surface area contributed by atoms with Crippen molar-refractivity contribution in [2.24, 2.45) is 0 Å². The number of nitrogens with one attached hydrogen (secondary N) is 2. The molecule has 2 amide bonds. The Bertz CT molecular complexity index is 691. The Morgan fingerprint density at radius 3 is 2.23 bits per heavy atom. The summed E-state index contributed by atoms with van der Waals surface area (Å²) >= 11 is 0. The molecule has 2 aromatic rings. The number of amides is 2. The van der Waals surface area contributed by atoms with Gasteiger partial charge in [0.2, 0.25) is 5.91 Å². The summed E-state index contributed by atoms with van der Waals surface area (Å²) in [7, 11) is 0. The molecule has 0 atom stereocenters. The third-order valence-corrected chi connectivity index (χ3v) is 3.51. The number of hydrogen-bond acceptors (Lipinski definition) is 2. The largest absolute Gasteiger partial charge is 0.343 e. The number of anilines is 1. The van der Waals surface area contributed by atoms with Gasteiger partial charge in [-0.05, 0) is 56.2 Å². The molecule has 0 radical (unpaired) electrons. The van der Waals surface area contributed by atoms with Crippen LogP contribution in [0.15, 0.2) is 42.5 Å². The van der Waals surface area contributed by atoms with Crippen molar-refractivity contribution >= 4 is 17.5 Å². The second kappa shape index (κ2) is 6.89. The summed E-state index contributed by atoms with van der Waals surface area (Å²) in [5.41, 5.74) is 4.65. The zero-order valence-corrected chi connectivity index (χ0v) is 13.1. The van der Waals surface area contributed by atoms with E-state index >= 15 is 0 Å². The second-order valence-corrected chi connectivity index (χ2v) is 5.40. The van der Waals surface area contributed by atoms with Gasteiger partial charge in [0.05, 0.1) is 6.54 Å². The summed E-state index contributed by atoms with van der Waals surface area (Å²) in [5.74, 6) is -0.501. The van der Waals surface area contributed by atoms with Crippen molar-refractivity contribution in [2.45, 2.75) is 20.8 Å². The number of carbonyl (C=O) groups is 2. The van der Waals surface area contributed by atoms with Crippen LogP contribution in [-0.2, 0) is 4.79 Å². The van der Waals surface area contributed by atoms with Gasteiger partial charge in [-0.15, -0.1) is 0 Å². The lowest BCUT2D eigenvalue weighted by molar-refractivity contribution is -0.115. The van der Waals surface area contributed by atoms with Gasteiger partial charge in [-0.2, -0.15) is 0 Å². The molecule has 22 heavy (non-hydrogen) atoms. The summed E-state index contributed by atoms with van der Waals surface area (Å²) < 4.78 is 0. The highest BCUT2D eigenvalue weighted by Crippen LogP contribution is 2.13. The quantitative estimate of drug-likeness (QED) is 0.911. The Hall–Kier alpha value is -2.62. The van der Waals surface area contributed by atoms with E-state index in [1.54, 1.807) is 12.1 Å². The van der Waals surface area contributed by atoms with Crippen molar-refractivity contribution in [3.8, 4) is 0 Å². The first-order valence-electron chi connectivity index (χ1n) is 7.17. The van der Waals surface area contributed by atoms with Crippen LogP contribution in [-0.4, -0.2) is 18.4 Å². The first-order chi connectivity index (χ1) is 10.5. The molecule has 2 rings (SSSR count). The Balaban J connectivity index is 1.88. The van der Waals surface area contributed by atoms with E-state index in [9.17, 15) is 9.59 Å². The van der Waals surface area contributed by atoms with Crippen molar-refractivity contribution in [1.29, 1.82) is 0 Å². The van der Waals surface area contributed by atoms with E-state index in [1.165, 1.54) is 5.56 Å². The van der Waals surface area contributed by atoms with Gasteiger partial charge in [0, 0.05) is 11.3 Å². The minimum atomic E-state index is -0.254. The molecule has 4 nitrogen and oxygen atoms in total. The normalized spacial score (nSPS) is 10.1. The van der Waals surface area contributed by atoms with Crippen molar-refractivity contribution in [3.05, 3.63) is 64.7 Å².